The highest BCUT2D eigenvalue weighted by molar-refractivity contribution is 6.12. The van der Waals surface area contributed by atoms with Crippen molar-refractivity contribution in [2.75, 3.05) is 0 Å². The highest BCUT2D eigenvalue weighted by Crippen LogP contribution is 2.26. The van der Waals surface area contributed by atoms with Gasteiger partial charge in [-0.3, -0.25) is 9.48 Å². The number of aliphatic hydroxyl groups is 2. The van der Waals surface area contributed by atoms with Crippen molar-refractivity contribution in [3.05, 3.63) is 107 Å². The second-order valence-electron chi connectivity index (χ2n) is 8.56. The molecule has 0 spiro atoms. The van der Waals surface area contributed by atoms with E-state index in [4.69, 9.17) is 4.99 Å². The van der Waals surface area contributed by atoms with E-state index in [1.165, 1.54) is 28.9 Å². The molecule has 2 aromatic carbocycles. The molecule has 0 fully saturated rings. The van der Waals surface area contributed by atoms with Crippen LogP contribution in [0.2, 0.25) is 0 Å². The molecule has 1 aliphatic heterocycles. The molecule has 1 aromatic heterocycles. The zero-order valence-electron chi connectivity index (χ0n) is 19.7. The number of fused-ring (bicyclic) bond motifs is 1. The van der Waals surface area contributed by atoms with Gasteiger partial charge in [0.05, 0.1) is 30.1 Å². The Morgan fingerprint density at radius 2 is 1.74 bits per heavy atom. The third kappa shape index (κ3) is 5.03. The average Bonchev–Trinajstić information content (AvgIpc) is 3.11. The number of hydrogen-bond acceptors (Lipinski definition) is 5. The predicted octanol–water partition coefficient (Wildman–Crippen LogP) is 3.38. The summed E-state index contributed by atoms with van der Waals surface area (Å²) in [6.07, 6.45) is 1.43. The van der Waals surface area contributed by atoms with Gasteiger partial charge in [-0.1, -0.05) is 55.1 Å². The maximum absolute atomic E-state index is 13.6. The van der Waals surface area contributed by atoms with Gasteiger partial charge in [-0.25, -0.2) is 14.1 Å². The van der Waals surface area contributed by atoms with E-state index in [0.29, 0.717) is 28.4 Å². The molecule has 0 saturated heterocycles. The molecule has 182 valence electrons. The minimum absolute atomic E-state index is 0.00380. The number of halogens is 1. The molecule has 0 saturated carbocycles. The quantitative estimate of drug-likeness (QED) is 0.456. The third-order valence-corrected chi connectivity index (χ3v) is 6.04. The lowest BCUT2D eigenvalue weighted by molar-refractivity contribution is -0.0301. The fourth-order valence-electron chi connectivity index (χ4n) is 4.28. The van der Waals surface area contributed by atoms with Crippen molar-refractivity contribution in [3.8, 4) is 11.1 Å². The topological polar surface area (TPSA) is 91.8 Å². The SMILES string of the molecule is C=C(/N=C(\C=C/C)c1c(-c2ccc(F)cc2)c(=O)n2n1CC(O)C(O)C2)N[C@@H](C)c1ccccc1. The van der Waals surface area contributed by atoms with Crippen LogP contribution in [0.3, 0.4) is 0 Å². The van der Waals surface area contributed by atoms with Crippen molar-refractivity contribution in [2.45, 2.75) is 45.2 Å². The van der Waals surface area contributed by atoms with Gasteiger partial charge in [-0.15, -0.1) is 0 Å². The van der Waals surface area contributed by atoms with Crippen LogP contribution in [0.15, 0.2) is 88.9 Å². The van der Waals surface area contributed by atoms with Crippen LogP contribution >= 0.6 is 0 Å². The first-order valence-corrected chi connectivity index (χ1v) is 11.5. The Morgan fingerprint density at radius 3 is 2.37 bits per heavy atom. The van der Waals surface area contributed by atoms with E-state index < -0.39 is 18.0 Å². The maximum Gasteiger partial charge on any atom is 0.275 e. The summed E-state index contributed by atoms with van der Waals surface area (Å²) >= 11 is 0. The zero-order chi connectivity index (χ0) is 25.1. The number of rotatable bonds is 7. The second kappa shape index (κ2) is 10.2. The first kappa shape index (κ1) is 24.4. The van der Waals surface area contributed by atoms with E-state index >= 15 is 0 Å². The largest absolute Gasteiger partial charge is 0.388 e. The minimum Gasteiger partial charge on any atom is -0.388 e. The molecule has 1 aliphatic rings. The summed E-state index contributed by atoms with van der Waals surface area (Å²) < 4.78 is 16.7. The van der Waals surface area contributed by atoms with Gasteiger partial charge in [0.25, 0.3) is 5.56 Å². The van der Waals surface area contributed by atoms with Gasteiger partial charge >= 0.3 is 0 Å². The number of aromatic nitrogens is 2. The number of benzene rings is 2. The normalized spacial score (nSPS) is 18.9. The molecule has 3 atom stereocenters. The van der Waals surface area contributed by atoms with Gasteiger partial charge in [-0.05, 0) is 43.2 Å². The van der Waals surface area contributed by atoms with Crippen LogP contribution in [-0.2, 0) is 13.1 Å². The fraction of sp³-hybridized carbons (Fsp3) is 0.259. The Labute approximate surface area is 203 Å². The molecule has 0 bridgehead atoms. The van der Waals surface area contributed by atoms with Crippen LogP contribution in [0, 0.1) is 5.82 Å². The van der Waals surface area contributed by atoms with Gasteiger partial charge in [0.15, 0.2) is 0 Å². The molecule has 35 heavy (non-hydrogen) atoms. The van der Waals surface area contributed by atoms with Crippen molar-refractivity contribution in [2.24, 2.45) is 4.99 Å². The molecule has 2 unspecified atom stereocenters. The van der Waals surface area contributed by atoms with Crippen molar-refractivity contribution in [1.29, 1.82) is 0 Å². The van der Waals surface area contributed by atoms with E-state index in [1.807, 2.05) is 44.2 Å². The van der Waals surface area contributed by atoms with Crippen molar-refractivity contribution in [1.82, 2.24) is 14.7 Å². The summed E-state index contributed by atoms with van der Waals surface area (Å²) in [6, 6.07) is 15.5. The molecular formula is C27H29FN4O3. The van der Waals surface area contributed by atoms with E-state index in [1.54, 1.807) is 16.8 Å². The number of nitrogens with zero attached hydrogens (tertiary/aromatic N) is 3. The molecular weight excluding hydrogens is 447 g/mol. The van der Waals surface area contributed by atoms with E-state index in [2.05, 4.69) is 11.9 Å². The summed E-state index contributed by atoms with van der Waals surface area (Å²) in [6.45, 7) is 7.83. The Balaban J connectivity index is 1.83. The third-order valence-electron chi connectivity index (χ3n) is 6.04. The maximum atomic E-state index is 13.6. The molecule has 4 rings (SSSR count). The summed E-state index contributed by atoms with van der Waals surface area (Å²) in [5, 5.41) is 23.9. The predicted molar refractivity (Wildman–Crippen MR) is 135 cm³/mol. The first-order chi connectivity index (χ1) is 16.8. The first-order valence-electron chi connectivity index (χ1n) is 11.5. The monoisotopic (exact) mass is 476 g/mol. The van der Waals surface area contributed by atoms with E-state index in [0.717, 1.165) is 5.56 Å². The Hall–Kier alpha value is -3.75. The van der Waals surface area contributed by atoms with Crippen molar-refractivity contribution < 1.29 is 14.6 Å². The molecule has 0 aliphatic carbocycles. The van der Waals surface area contributed by atoms with Gasteiger partial charge in [0, 0.05) is 6.04 Å². The van der Waals surface area contributed by atoms with Gasteiger partial charge in [0.1, 0.15) is 23.8 Å². The summed E-state index contributed by atoms with van der Waals surface area (Å²) in [7, 11) is 0. The number of nitrogens with one attached hydrogen (secondary N) is 1. The van der Waals surface area contributed by atoms with Crippen molar-refractivity contribution >= 4 is 5.71 Å². The Bertz CT molecular complexity index is 1320. The Morgan fingerprint density at radius 1 is 1.11 bits per heavy atom. The minimum atomic E-state index is -1.07. The van der Waals surface area contributed by atoms with Crippen LogP contribution in [0.1, 0.15) is 31.1 Å². The average molecular weight is 477 g/mol. The molecule has 3 N–H and O–H groups in total. The van der Waals surface area contributed by atoms with Gasteiger partial charge < -0.3 is 15.5 Å². The summed E-state index contributed by atoms with van der Waals surface area (Å²) in [5.41, 5.74) is 2.44. The smallest absolute Gasteiger partial charge is 0.275 e. The van der Waals surface area contributed by atoms with Crippen LogP contribution < -0.4 is 10.9 Å². The molecule has 3 aromatic rings. The summed E-state index contributed by atoms with van der Waals surface area (Å²) in [5.74, 6) is -0.0241. The lowest BCUT2D eigenvalue weighted by atomic mass is 10.0. The number of hydrogen-bond donors (Lipinski definition) is 3. The van der Waals surface area contributed by atoms with Crippen molar-refractivity contribution in [3.63, 3.8) is 0 Å². The number of aliphatic hydroxyl groups excluding tert-OH is 2. The fourth-order valence-corrected chi connectivity index (χ4v) is 4.28. The lowest BCUT2D eigenvalue weighted by Gasteiger charge is -2.28. The zero-order valence-corrected chi connectivity index (χ0v) is 19.7. The lowest BCUT2D eigenvalue weighted by Crippen LogP contribution is -2.45. The Kier molecular flexibility index (Phi) is 7.14. The number of allylic oxidation sites excluding steroid dienone is 2. The highest BCUT2D eigenvalue weighted by Gasteiger charge is 2.32. The van der Waals surface area contributed by atoms with Crippen LogP contribution in [-0.4, -0.2) is 37.5 Å². The standard InChI is InChI=1S/C27H29FN4O3/c1-4-8-22(30-18(3)29-17(2)19-9-6-5-7-10-19)26-25(20-11-13-21(28)14-12-20)27(35)32-16-24(34)23(33)15-31(26)32/h4-14,17,23-24,29,33-34H,3,15-16H2,1-2H3/b8-4-,30-22+/t17-,23?,24?/m0/s1. The highest BCUT2D eigenvalue weighted by atomic mass is 19.1. The second-order valence-corrected chi connectivity index (χ2v) is 8.56. The molecule has 0 radical (unpaired) electrons. The van der Waals surface area contributed by atoms with Crippen LogP contribution in [0.5, 0.6) is 0 Å². The van der Waals surface area contributed by atoms with Gasteiger partial charge in [-0.2, -0.15) is 0 Å². The van der Waals surface area contributed by atoms with Crippen LogP contribution in [0.25, 0.3) is 11.1 Å². The molecule has 8 heteroatoms. The van der Waals surface area contributed by atoms with Crippen LogP contribution in [0.4, 0.5) is 4.39 Å². The van der Waals surface area contributed by atoms with Gasteiger partial charge in [0.2, 0.25) is 0 Å². The molecule has 2 heterocycles. The molecule has 7 nitrogen and oxygen atoms in total. The van der Waals surface area contributed by atoms with E-state index in [9.17, 15) is 19.4 Å². The number of aliphatic imine (C=N–C) groups is 1. The van der Waals surface area contributed by atoms with E-state index in [-0.39, 0.29) is 24.7 Å². The molecule has 0 amide bonds. The summed E-state index contributed by atoms with van der Waals surface area (Å²) in [4.78, 5) is 18.2.